The van der Waals surface area contributed by atoms with Crippen LogP contribution in [0.3, 0.4) is 0 Å². The molecule has 0 aliphatic rings. The van der Waals surface area contributed by atoms with Crippen LogP contribution in [0.2, 0.25) is 0 Å². The van der Waals surface area contributed by atoms with Crippen LogP contribution in [-0.2, 0) is 19.1 Å². The van der Waals surface area contributed by atoms with Crippen molar-refractivity contribution in [3.05, 3.63) is 0 Å². The molecular weight excluding hydrogens is 258 g/mol. The lowest BCUT2D eigenvalue weighted by Gasteiger charge is -2.16. The third-order valence-corrected chi connectivity index (χ3v) is 2.19. The van der Waals surface area contributed by atoms with Crippen molar-refractivity contribution in [1.82, 2.24) is 16.0 Å². The van der Waals surface area contributed by atoms with E-state index in [9.17, 15) is 19.2 Å². The second-order valence-electron chi connectivity index (χ2n) is 3.62. The lowest BCUT2D eigenvalue weighted by atomic mass is 10.2. The molecule has 0 aromatic carbocycles. The van der Waals surface area contributed by atoms with Crippen LogP contribution in [0, 0.1) is 0 Å². The van der Waals surface area contributed by atoms with Crippen LogP contribution < -0.4 is 16.0 Å². The second-order valence-corrected chi connectivity index (χ2v) is 3.62. The van der Waals surface area contributed by atoms with Crippen LogP contribution >= 0.6 is 0 Å². The molecule has 0 aliphatic heterocycles. The average molecular weight is 275 g/mol. The van der Waals surface area contributed by atoms with E-state index >= 15 is 0 Å². The molecule has 9 nitrogen and oxygen atoms in total. The van der Waals surface area contributed by atoms with Crippen LogP contribution in [0.1, 0.15) is 13.3 Å². The van der Waals surface area contributed by atoms with Crippen molar-refractivity contribution >= 4 is 23.9 Å². The molecule has 0 rings (SSSR count). The normalized spacial score (nSPS) is 12.8. The Morgan fingerprint density at radius 2 is 1.79 bits per heavy atom. The molecule has 0 bridgehead atoms. The van der Waals surface area contributed by atoms with Gasteiger partial charge in [0.2, 0.25) is 5.91 Å². The first-order valence-corrected chi connectivity index (χ1v) is 5.40. The Bertz CT molecular complexity index is 370. The minimum absolute atomic E-state index is 0.435. The van der Waals surface area contributed by atoms with E-state index in [-0.39, 0.29) is 0 Å². The number of hydrogen-bond acceptors (Lipinski definition) is 5. The lowest BCUT2D eigenvalue weighted by molar-refractivity contribution is -0.147. The predicted molar refractivity (Wildman–Crippen MR) is 63.3 cm³/mol. The summed E-state index contributed by atoms with van der Waals surface area (Å²) in [4.78, 5) is 44.4. The number of carbonyl (C=O) groups is 4. The van der Waals surface area contributed by atoms with Crippen molar-refractivity contribution in [2.75, 3.05) is 14.2 Å². The number of amides is 3. The van der Waals surface area contributed by atoms with Gasteiger partial charge in [-0.05, 0) is 6.92 Å². The van der Waals surface area contributed by atoms with Gasteiger partial charge in [0.1, 0.15) is 12.1 Å². The maximum atomic E-state index is 11.4. The van der Waals surface area contributed by atoms with Gasteiger partial charge < -0.3 is 25.8 Å². The summed E-state index contributed by atoms with van der Waals surface area (Å²) in [6.07, 6.45) is -0.506. The fourth-order valence-corrected chi connectivity index (χ4v) is 1.13. The number of hydrogen-bond donors (Lipinski definition) is 4. The highest BCUT2D eigenvalue weighted by molar-refractivity contribution is 5.89. The minimum atomic E-state index is -1.43. The average Bonchev–Trinajstić information content (AvgIpc) is 2.36. The summed E-state index contributed by atoms with van der Waals surface area (Å²) >= 11 is 0. The molecule has 0 aromatic rings. The molecule has 0 heterocycles. The Morgan fingerprint density at radius 1 is 1.21 bits per heavy atom. The van der Waals surface area contributed by atoms with E-state index in [4.69, 9.17) is 5.11 Å². The number of esters is 1. The van der Waals surface area contributed by atoms with Crippen LogP contribution in [-0.4, -0.2) is 55.2 Å². The Labute approximate surface area is 109 Å². The van der Waals surface area contributed by atoms with Gasteiger partial charge in [0, 0.05) is 7.05 Å². The van der Waals surface area contributed by atoms with E-state index in [0.29, 0.717) is 0 Å². The highest BCUT2D eigenvalue weighted by atomic mass is 16.5. The fraction of sp³-hybridized carbons (Fsp3) is 0.600. The zero-order valence-electron chi connectivity index (χ0n) is 10.9. The highest BCUT2D eigenvalue weighted by Gasteiger charge is 2.24. The predicted octanol–water partition coefficient (Wildman–Crippen LogP) is -1.56. The lowest BCUT2D eigenvalue weighted by Crippen LogP contribution is -2.52. The van der Waals surface area contributed by atoms with Crippen LogP contribution in [0.25, 0.3) is 0 Å². The van der Waals surface area contributed by atoms with Crippen molar-refractivity contribution in [2.24, 2.45) is 0 Å². The van der Waals surface area contributed by atoms with Gasteiger partial charge in [-0.3, -0.25) is 9.59 Å². The molecule has 0 fully saturated rings. The van der Waals surface area contributed by atoms with Gasteiger partial charge in [-0.25, -0.2) is 9.59 Å². The third-order valence-electron chi connectivity index (χ3n) is 2.19. The van der Waals surface area contributed by atoms with Crippen molar-refractivity contribution in [1.29, 1.82) is 0 Å². The van der Waals surface area contributed by atoms with Crippen molar-refractivity contribution in [3.63, 3.8) is 0 Å². The molecule has 0 saturated carbocycles. The number of carboxylic acids is 1. The minimum Gasteiger partial charge on any atom is -0.480 e. The monoisotopic (exact) mass is 275 g/mol. The largest absolute Gasteiger partial charge is 0.480 e. The van der Waals surface area contributed by atoms with E-state index < -0.39 is 42.4 Å². The van der Waals surface area contributed by atoms with Gasteiger partial charge in [-0.2, -0.15) is 0 Å². The number of aliphatic carboxylic acids is 1. The molecule has 9 heteroatoms. The summed E-state index contributed by atoms with van der Waals surface area (Å²) in [6, 6.07) is -3.13. The van der Waals surface area contributed by atoms with Gasteiger partial charge >= 0.3 is 18.0 Å². The van der Waals surface area contributed by atoms with Crippen LogP contribution in [0.15, 0.2) is 0 Å². The highest BCUT2D eigenvalue weighted by Crippen LogP contribution is 1.95. The van der Waals surface area contributed by atoms with Gasteiger partial charge in [0.25, 0.3) is 0 Å². The number of likely N-dealkylation sites (N-methyl/N-ethyl adjacent to an activating group) is 1. The molecule has 3 amide bonds. The van der Waals surface area contributed by atoms with Crippen molar-refractivity contribution < 1.29 is 29.0 Å². The van der Waals surface area contributed by atoms with E-state index in [0.717, 1.165) is 7.11 Å². The first-order chi connectivity index (χ1) is 8.81. The Morgan fingerprint density at radius 3 is 2.21 bits per heavy atom. The van der Waals surface area contributed by atoms with Crippen LogP contribution in [0.5, 0.6) is 0 Å². The van der Waals surface area contributed by atoms with Gasteiger partial charge in [0.15, 0.2) is 0 Å². The Kier molecular flexibility index (Phi) is 6.94. The van der Waals surface area contributed by atoms with E-state index in [1.54, 1.807) is 0 Å². The summed E-state index contributed by atoms with van der Waals surface area (Å²) in [7, 11) is 2.50. The summed E-state index contributed by atoms with van der Waals surface area (Å²) in [6.45, 7) is 1.43. The number of carboxylic acid groups (broad SMARTS) is 1. The SMILES string of the molecule is CNC(=O)C(C)NC(=O)N[C@@H](CC(=O)OC)C(=O)O. The maximum Gasteiger partial charge on any atom is 0.326 e. The van der Waals surface area contributed by atoms with Crippen LogP contribution in [0.4, 0.5) is 4.79 Å². The topological polar surface area (TPSA) is 134 Å². The number of nitrogens with one attached hydrogen (secondary N) is 3. The smallest absolute Gasteiger partial charge is 0.326 e. The molecule has 0 spiro atoms. The van der Waals surface area contributed by atoms with Crippen molar-refractivity contribution in [2.45, 2.75) is 25.4 Å². The zero-order chi connectivity index (χ0) is 15.0. The molecule has 0 aromatic heterocycles. The number of urea groups is 1. The maximum absolute atomic E-state index is 11.4. The fourth-order valence-electron chi connectivity index (χ4n) is 1.13. The summed E-state index contributed by atoms with van der Waals surface area (Å²) in [5, 5.41) is 15.4. The third kappa shape index (κ3) is 6.24. The molecule has 19 heavy (non-hydrogen) atoms. The standard InChI is InChI=1S/C10H17N3O6/c1-5(8(15)11-2)12-10(18)13-6(9(16)17)4-7(14)19-3/h5-6H,4H2,1-3H3,(H,11,15)(H,16,17)(H2,12,13,18)/t5?,6-/m0/s1. The first-order valence-electron chi connectivity index (χ1n) is 5.40. The molecular formula is C10H17N3O6. The van der Waals surface area contributed by atoms with Gasteiger partial charge in [-0.1, -0.05) is 0 Å². The molecule has 0 saturated heterocycles. The number of methoxy groups -OCH3 is 1. The van der Waals surface area contributed by atoms with Gasteiger partial charge in [0.05, 0.1) is 13.5 Å². The van der Waals surface area contributed by atoms with Crippen molar-refractivity contribution in [3.8, 4) is 0 Å². The van der Waals surface area contributed by atoms with E-state index in [1.807, 2.05) is 0 Å². The molecule has 2 atom stereocenters. The molecule has 0 aliphatic carbocycles. The molecule has 1 unspecified atom stereocenters. The molecule has 0 radical (unpaired) electrons. The number of ether oxygens (including phenoxy) is 1. The number of rotatable bonds is 6. The zero-order valence-corrected chi connectivity index (χ0v) is 10.9. The van der Waals surface area contributed by atoms with E-state index in [2.05, 4.69) is 20.7 Å². The molecule has 4 N–H and O–H groups in total. The summed E-state index contributed by atoms with van der Waals surface area (Å²) < 4.78 is 4.31. The number of carbonyl (C=O) groups excluding carboxylic acids is 3. The summed E-state index contributed by atoms with van der Waals surface area (Å²) in [5.41, 5.74) is 0. The molecule has 108 valence electrons. The first kappa shape index (κ1) is 16.7. The quantitative estimate of drug-likeness (QED) is 0.433. The van der Waals surface area contributed by atoms with Gasteiger partial charge in [-0.15, -0.1) is 0 Å². The second kappa shape index (κ2) is 7.90. The Hall–Kier alpha value is -2.32. The Balaban J connectivity index is 4.44. The summed E-state index contributed by atoms with van der Waals surface area (Å²) in [5.74, 6) is -2.59. The van der Waals surface area contributed by atoms with E-state index in [1.165, 1.54) is 14.0 Å².